The highest BCUT2D eigenvalue weighted by atomic mass is 16.5. The second kappa shape index (κ2) is 44.2. The van der Waals surface area contributed by atoms with Crippen LogP contribution < -0.4 is 0 Å². The molecule has 48 heavy (non-hydrogen) atoms. The maximum Gasteiger partial charge on any atom is 0.305 e. The predicted molar refractivity (Wildman–Crippen MR) is 216 cm³/mol. The van der Waals surface area contributed by atoms with Crippen LogP contribution in [-0.2, 0) is 9.53 Å². The number of unbranched alkanes of at least 4 members (excludes halogenated alkanes) is 36. The number of carbonyl (C=O) groups excluding carboxylic acids is 1. The van der Waals surface area contributed by atoms with Gasteiger partial charge >= 0.3 is 5.97 Å². The Morgan fingerprint density at radius 1 is 0.333 bits per heavy atom. The molecule has 0 amide bonds. The van der Waals surface area contributed by atoms with Crippen molar-refractivity contribution in [2.24, 2.45) is 0 Å². The molecule has 0 fully saturated rings. The van der Waals surface area contributed by atoms with E-state index in [1.165, 1.54) is 238 Å². The van der Waals surface area contributed by atoms with E-state index in [9.17, 15) is 4.79 Å². The SMILES string of the molecule is CCCCCCCC/C=C\CCCCCCCCOC(=O)CCCCCCCCCCCCCCCCCCCCCCCCCCC. The first kappa shape index (κ1) is 47.2. The summed E-state index contributed by atoms with van der Waals surface area (Å²) in [7, 11) is 0. The number of ether oxygens (including phenoxy) is 1. The number of rotatable bonds is 42. The van der Waals surface area contributed by atoms with Crippen LogP contribution in [0.15, 0.2) is 12.2 Å². The quantitative estimate of drug-likeness (QED) is 0.0366. The van der Waals surface area contributed by atoms with Crippen LogP contribution in [0.1, 0.15) is 271 Å². The fraction of sp³-hybridized carbons (Fsp3) is 0.935. The van der Waals surface area contributed by atoms with Crippen molar-refractivity contribution in [1.29, 1.82) is 0 Å². The molecule has 0 radical (unpaired) electrons. The Morgan fingerprint density at radius 2 is 0.583 bits per heavy atom. The van der Waals surface area contributed by atoms with E-state index in [1.807, 2.05) is 0 Å². The molecule has 0 saturated heterocycles. The second-order valence-electron chi connectivity index (χ2n) is 15.4. The van der Waals surface area contributed by atoms with E-state index < -0.39 is 0 Å². The lowest BCUT2D eigenvalue weighted by Gasteiger charge is -2.06. The molecule has 0 N–H and O–H groups in total. The van der Waals surface area contributed by atoms with Gasteiger partial charge in [0.25, 0.3) is 0 Å². The molecular weight excluding hydrogens is 585 g/mol. The summed E-state index contributed by atoms with van der Waals surface area (Å²) < 4.78 is 5.47. The summed E-state index contributed by atoms with van der Waals surface area (Å²) in [6.45, 7) is 5.21. The predicted octanol–water partition coefficient (Wildman–Crippen LogP) is 16.7. The van der Waals surface area contributed by atoms with Crippen LogP contribution in [0.2, 0.25) is 0 Å². The van der Waals surface area contributed by atoms with Gasteiger partial charge in [-0.3, -0.25) is 4.79 Å². The highest BCUT2D eigenvalue weighted by Gasteiger charge is 2.03. The average molecular weight is 675 g/mol. The van der Waals surface area contributed by atoms with Crippen molar-refractivity contribution >= 4 is 5.97 Å². The smallest absolute Gasteiger partial charge is 0.305 e. The maximum atomic E-state index is 12.0. The van der Waals surface area contributed by atoms with Gasteiger partial charge in [-0.05, 0) is 38.5 Å². The number of esters is 1. The molecule has 2 nitrogen and oxygen atoms in total. The Morgan fingerprint density at radius 3 is 0.896 bits per heavy atom. The van der Waals surface area contributed by atoms with E-state index in [1.54, 1.807) is 0 Å². The fourth-order valence-corrected chi connectivity index (χ4v) is 7.02. The van der Waals surface area contributed by atoms with E-state index in [0.29, 0.717) is 13.0 Å². The van der Waals surface area contributed by atoms with Gasteiger partial charge in [-0.1, -0.05) is 238 Å². The molecule has 0 atom stereocenters. The van der Waals surface area contributed by atoms with Crippen LogP contribution in [0.5, 0.6) is 0 Å². The molecule has 0 spiro atoms. The molecule has 0 bridgehead atoms. The molecule has 0 aliphatic rings. The third kappa shape index (κ3) is 43.2. The third-order valence-electron chi connectivity index (χ3n) is 10.4. The molecular formula is C46H90O2. The summed E-state index contributed by atoms with van der Waals surface area (Å²) in [5, 5.41) is 0. The Kier molecular flexibility index (Phi) is 43.5. The third-order valence-corrected chi connectivity index (χ3v) is 10.4. The molecule has 0 aromatic carbocycles. The first-order valence-electron chi connectivity index (χ1n) is 22.6. The van der Waals surface area contributed by atoms with Crippen LogP contribution in [0, 0.1) is 0 Å². The normalized spacial score (nSPS) is 11.6. The van der Waals surface area contributed by atoms with Crippen LogP contribution in [-0.4, -0.2) is 12.6 Å². The highest BCUT2D eigenvalue weighted by molar-refractivity contribution is 5.69. The Bertz CT molecular complexity index is 611. The topological polar surface area (TPSA) is 26.3 Å². The summed E-state index contributed by atoms with van der Waals surface area (Å²) >= 11 is 0. The van der Waals surface area contributed by atoms with Gasteiger partial charge in [0.2, 0.25) is 0 Å². The average Bonchev–Trinajstić information content (AvgIpc) is 3.09. The molecule has 0 aliphatic carbocycles. The first-order valence-corrected chi connectivity index (χ1v) is 22.6. The van der Waals surface area contributed by atoms with Gasteiger partial charge in [0.05, 0.1) is 6.61 Å². The van der Waals surface area contributed by atoms with Crippen LogP contribution in [0.3, 0.4) is 0 Å². The van der Waals surface area contributed by atoms with Crippen molar-refractivity contribution in [2.45, 2.75) is 271 Å². The number of hydrogen-bond acceptors (Lipinski definition) is 2. The lowest BCUT2D eigenvalue weighted by Crippen LogP contribution is -2.05. The van der Waals surface area contributed by atoms with Crippen LogP contribution >= 0.6 is 0 Å². The summed E-state index contributed by atoms with van der Waals surface area (Å²) in [4.78, 5) is 12.0. The van der Waals surface area contributed by atoms with Gasteiger partial charge in [0.15, 0.2) is 0 Å². The summed E-state index contributed by atoms with van der Waals surface area (Å²) in [6.07, 6.45) is 59.0. The van der Waals surface area contributed by atoms with Gasteiger partial charge in [-0.25, -0.2) is 0 Å². The Balaban J connectivity index is 3.16. The van der Waals surface area contributed by atoms with E-state index in [2.05, 4.69) is 26.0 Å². The molecule has 0 saturated carbocycles. The standard InChI is InChI=1S/C46H90O2/c1-3-5-7-9-11-13-15-17-19-21-22-23-24-25-26-27-28-29-30-32-34-36-38-40-42-44-46(47)48-45-43-41-39-37-35-33-31-20-18-16-14-12-10-8-6-4-2/h18,20H,3-17,19,21-45H2,1-2H3/b20-18-. The zero-order valence-electron chi connectivity index (χ0n) is 33.5. The molecule has 0 aromatic rings. The molecule has 286 valence electrons. The number of hydrogen-bond donors (Lipinski definition) is 0. The van der Waals surface area contributed by atoms with Gasteiger partial charge in [0, 0.05) is 6.42 Å². The molecule has 0 aliphatic heterocycles. The number of carbonyl (C=O) groups is 1. The van der Waals surface area contributed by atoms with Crippen molar-refractivity contribution in [3.05, 3.63) is 12.2 Å². The van der Waals surface area contributed by atoms with Crippen LogP contribution in [0.4, 0.5) is 0 Å². The van der Waals surface area contributed by atoms with Crippen molar-refractivity contribution in [3.8, 4) is 0 Å². The minimum Gasteiger partial charge on any atom is -0.466 e. The van der Waals surface area contributed by atoms with Crippen molar-refractivity contribution in [3.63, 3.8) is 0 Å². The molecule has 0 unspecified atom stereocenters. The monoisotopic (exact) mass is 675 g/mol. The molecule has 2 heteroatoms. The highest BCUT2D eigenvalue weighted by Crippen LogP contribution is 2.16. The zero-order valence-corrected chi connectivity index (χ0v) is 33.5. The van der Waals surface area contributed by atoms with E-state index >= 15 is 0 Å². The Labute approximate surface area is 304 Å². The van der Waals surface area contributed by atoms with E-state index in [4.69, 9.17) is 4.74 Å². The van der Waals surface area contributed by atoms with E-state index in [0.717, 1.165) is 12.8 Å². The Hall–Kier alpha value is -0.790. The van der Waals surface area contributed by atoms with Crippen molar-refractivity contribution in [1.82, 2.24) is 0 Å². The van der Waals surface area contributed by atoms with Crippen LogP contribution in [0.25, 0.3) is 0 Å². The first-order chi connectivity index (χ1) is 23.8. The molecule has 0 aromatic heterocycles. The lowest BCUT2D eigenvalue weighted by molar-refractivity contribution is -0.143. The fourth-order valence-electron chi connectivity index (χ4n) is 7.02. The summed E-state index contributed by atoms with van der Waals surface area (Å²) in [5.41, 5.74) is 0. The lowest BCUT2D eigenvalue weighted by atomic mass is 10.0. The largest absolute Gasteiger partial charge is 0.466 e. The van der Waals surface area contributed by atoms with Gasteiger partial charge in [0.1, 0.15) is 0 Å². The van der Waals surface area contributed by atoms with E-state index in [-0.39, 0.29) is 5.97 Å². The van der Waals surface area contributed by atoms with Gasteiger partial charge < -0.3 is 4.74 Å². The van der Waals surface area contributed by atoms with Crippen molar-refractivity contribution in [2.75, 3.05) is 6.61 Å². The minimum absolute atomic E-state index is 0.0248. The summed E-state index contributed by atoms with van der Waals surface area (Å²) in [6, 6.07) is 0. The minimum atomic E-state index is 0.0248. The molecule has 0 heterocycles. The number of allylic oxidation sites excluding steroid dienone is 2. The van der Waals surface area contributed by atoms with Crippen molar-refractivity contribution < 1.29 is 9.53 Å². The zero-order chi connectivity index (χ0) is 34.7. The maximum absolute atomic E-state index is 12.0. The molecule has 0 rings (SSSR count). The summed E-state index contributed by atoms with van der Waals surface area (Å²) in [5.74, 6) is 0.0248. The van der Waals surface area contributed by atoms with Gasteiger partial charge in [-0.15, -0.1) is 0 Å². The van der Waals surface area contributed by atoms with Gasteiger partial charge in [-0.2, -0.15) is 0 Å². The second-order valence-corrected chi connectivity index (χ2v) is 15.4.